The largest absolute Gasteiger partial charge is 0.358 e. The van der Waals surface area contributed by atoms with E-state index in [0.717, 1.165) is 18.4 Å². The van der Waals surface area contributed by atoms with Crippen LogP contribution in [-0.2, 0) is 4.79 Å². The molecule has 0 aromatic heterocycles. The van der Waals surface area contributed by atoms with Crippen molar-refractivity contribution in [2.24, 2.45) is 11.8 Å². The quantitative estimate of drug-likeness (QED) is 0.677. The van der Waals surface area contributed by atoms with Crippen LogP contribution >= 0.6 is 0 Å². The molecule has 1 rings (SSSR count). The van der Waals surface area contributed by atoms with Gasteiger partial charge in [0.05, 0.1) is 6.54 Å². The summed E-state index contributed by atoms with van der Waals surface area (Å²) >= 11 is 0. The number of rotatable bonds is 4. The molecular formula is C10H20N2O. The molecule has 13 heavy (non-hydrogen) atoms. The van der Waals surface area contributed by atoms with E-state index in [1.165, 1.54) is 19.3 Å². The average molecular weight is 184 g/mol. The van der Waals surface area contributed by atoms with Gasteiger partial charge in [-0.15, -0.1) is 0 Å². The molecule has 3 heteroatoms. The Kier molecular flexibility index (Phi) is 4.22. The Morgan fingerprint density at radius 2 is 2.23 bits per heavy atom. The van der Waals surface area contributed by atoms with E-state index in [0.29, 0.717) is 6.54 Å². The highest BCUT2D eigenvalue weighted by Crippen LogP contribution is 2.29. The molecule has 1 fully saturated rings. The second-order valence-corrected chi connectivity index (χ2v) is 4.09. The molecule has 2 N–H and O–H groups in total. The van der Waals surface area contributed by atoms with Gasteiger partial charge in [0.15, 0.2) is 0 Å². The van der Waals surface area contributed by atoms with Gasteiger partial charge in [-0.3, -0.25) is 4.79 Å². The van der Waals surface area contributed by atoms with Crippen LogP contribution in [0.25, 0.3) is 0 Å². The van der Waals surface area contributed by atoms with Crippen LogP contribution in [0.5, 0.6) is 0 Å². The van der Waals surface area contributed by atoms with E-state index in [9.17, 15) is 4.79 Å². The SMILES string of the molecule is CNC(=O)CNCC1CCC(C)C1. The number of nitrogens with one attached hydrogen (secondary N) is 2. The van der Waals surface area contributed by atoms with Crippen LogP contribution in [0, 0.1) is 11.8 Å². The van der Waals surface area contributed by atoms with Gasteiger partial charge < -0.3 is 10.6 Å². The predicted molar refractivity (Wildman–Crippen MR) is 53.4 cm³/mol. The molecular weight excluding hydrogens is 164 g/mol. The minimum Gasteiger partial charge on any atom is -0.358 e. The van der Waals surface area contributed by atoms with Gasteiger partial charge in [-0.1, -0.05) is 13.3 Å². The van der Waals surface area contributed by atoms with E-state index in [2.05, 4.69) is 17.6 Å². The van der Waals surface area contributed by atoms with Gasteiger partial charge in [0.2, 0.25) is 5.91 Å². The van der Waals surface area contributed by atoms with Crippen molar-refractivity contribution in [1.82, 2.24) is 10.6 Å². The monoisotopic (exact) mass is 184 g/mol. The molecule has 0 radical (unpaired) electrons. The van der Waals surface area contributed by atoms with Crippen molar-refractivity contribution < 1.29 is 4.79 Å². The van der Waals surface area contributed by atoms with Crippen molar-refractivity contribution in [3.8, 4) is 0 Å². The first-order valence-electron chi connectivity index (χ1n) is 5.13. The fourth-order valence-electron chi connectivity index (χ4n) is 1.99. The van der Waals surface area contributed by atoms with E-state index in [-0.39, 0.29) is 5.91 Å². The predicted octanol–water partition coefficient (Wildman–Crippen LogP) is 0.758. The van der Waals surface area contributed by atoms with Gasteiger partial charge in [0, 0.05) is 7.05 Å². The number of carbonyl (C=O) groups excluding carboxylic acids is 1. The summed E-state index contributed by atoms with van der Waals surface area (Å²) in [6.07, 6.45) is 4.00. The molecule has 0 bridgehead atoms. The second-order valence-electron chi connectivity index (χ2n) is 4.09. The fourth-order valence-corrected chi connectivity index (χ4v) is 1.99. The summed E-state index contributed by atoms with van der Waals surface area (Å²) in [6.45, 7) is 3.76. The first-order valence-corrected chi connectivity index (χ1v) is 5.13. The summed E-state index contributed by atoms with van der Waals surface area (Å²) in [5.41, 5.74) is 0. The minimum absolute atomic E-state index is 0.0750. The summed E-state index contributed by atoms with van der Waals surface area (Å²) in [4.78, 5) is 10.9. The molecule has 0 aliphatic heterocycles. The lowest BCUT2D eigenvalue weighted by Gasteiger charge is -2.09. The van der Waals surface area contributed by atoms with Gasteiger partial charge >= 0.3 is 0 Å². The topological polar surface area (TPSA) is 41.1 Å². The third kappa shape index (κ3) is 3.77. The third-order valence-corrected chi connectivity index (χ3v) is 2.80. The number of likely N-dealkylation sites (N-methyl/N-ethyl adjacent to an activating group) is 1. The lowest BCUT2D eigenvalue weighted by molar-refractivity contribution is -0.119. The van der Waals surface area contributed by atoms with E-state index in [1.807, 2.05) is 0 Å². The van der Waals surface area contributed by atoms with E-state index < -0.39 is 0 Å². The Morgan fingerprint density at radius 3 is 2.77 bits per heavy atom. The van der Waals surface area contributed by atoms with Crippen LogP contribution in [0.3, 0.4) is 0 Å². The minimum atomic E-state index is 0.0750. The van der Waals surface area contributed by atoms with Gasteiger partial charge in [-0.05, 0) is 31.2 Å². The summed E-state index contributed by atoms with van der Waals surface area (Å²) < 4.78 is 0. The standard InChI is InChI=1S/C10H20N2O/c1-8-3-4-9(5-8)6-12-7-10(13)11-2/h8-9,12H,3-7H2,1-2H3,(H,11,13). The number of amides is 1. The lowest BCUT2D eigenvalue weighted by Crippen LogP contribution is -2.33. The Hall–Kier alpha value is -0.570. The Labute approximate surface area is 80.3 Å². The number of hydrogen-bond donors (Lipinski definition) is 2. The maximum atomic E-state index is 10.9. The lowest BCUT2D eigenvalue weighted by atomic mass is 10.1. The molecule has 0 saturated heterocycles. The van der Waals surface area contributed by atoms with E-state index in [1.54, 1.807) is 7.05 Å². The Morgan fingerprint density at radius 1 is 1.46 bits per heavy atom. The third-order valence-electron chi connectivity index (χ3n) is 2.80. The second kappa shape index (κ2) is 5.22. The first kappa shape index (κ1) is 10.5. The number of carbonyl (C=O) groups is 1. The van der Waals surface area contributed by atoms with Crippen molar-refractivity contribution in [1.29, 1.82) is 0 Å². The van der Waals surface area contributed by atoms with Gasteiger partial charge in [-0.25, -0.2) is 0 Å². The van der Waals surface area contributed by atoms with Crippen LogP contribution in [0.1, 0.15) is 26.2 Å². The van der Waals surface area contributed by atoms with Gasteiger partial charge in [0.25, 0.3) is 0 Å². The highest BCUT2D eigenvalue weighted by Gasteiger charge is 2.20. The van der Waals surface area contributed by atoms with Crippen LogP contribution in [0.15, 0.2) is 0 Å². The Bertz CT molecular complexity index is 170. The van der Waals surface area contributed by atoms with Crippen molar-refractivity contribution in [2.45, 2.75) is 26.2 Å². The zero-order valence-electron chi connectivity index (χ0n) is 8.60. The fraction of sp³-hybridized carbons (Fsp3) is 0.900. The van der Waals surface area contributed by atoms with Crippen LogP contribution < -0.4 is 10.6 Å². The summed E-state index contributed by atoms with van der Waals surface area (Å²) in [7, 11) is 1.67. The normalized spacial score (nSPS) is 27.5. The maximum absolute atomic E-state index is 10.9. The molecule has 0 spiro atoms. The first-order chi connectivity index (χ1) is 6.22. The van der Waals surface area contributed by atoms with Crippen molar-refractivity contribution in [2.75, 3.05) is 20.1 Å². The van der Waals surface area contributed by atoms with Gasteiger partial charge in [-0.2, -0.15) is 0 Å². The highest BCUT2D eigenvalue weighted by molar-refractivity contribution is 5.77. The molecule has 1 saturated carbocycles. The van der Waals surface area contributed by atoms with Crippen molar-refractivity contribution >= 4 is 5.91 Å². The smallest absolute Gasteiger partial charge is 0.233 e. The summed E-state index contributed by atoms with van der Waals surface area (Å²) in [5, 5.41) is 5.78. The van der Waals surface area contributed by atoms with Crippen LogP contribution in [-0.4, -0.2) is 26.0 Å². The molecule has 0 aromatic rings. The van der Waals surface area contributed by atoms with Gasteiger partial charge in [0.1, 0.15) is 0 Å². The molecule has 0 heterocycles. The van der Waals surface area contributed by atoms with E-state index in [4.69, 9.17) is 0 Å². The summed E-state index contributed by atoms with van der Waals surface area (Å²) in [5.74, 6) is 1.75. The van der Waals surface area contributed by atoms with Crippen molar-refractivity contribution in [3.63, 3.8) is 0 Å². The van der Waals surface area contributed by atoms with Crippen LogP contribution in [0.2, 0.25) is 0 Å². The number of hydrogen-bond acceptors (Lipinski definition) is 2. The maximum Gasteiger partial charge on any atom is 0.233 e. The van der Waals surface area contributed by atoms with E-state index >= 15 is 0 Å². The molecule has 1 amide bonds. The van der Waals surface area contributed by atoms with Crippen LogP contribution in [0.4, 0.5) is 0 Å². The Balaban J connectivity index is 2.03. The highest BCUT2D eigenvalue weighted by atomic mass is 16.1. The zero-order valence-corrected chi connectivity index (χ0v) is 8.60. The molecule has 1 aliphatic carbocycles. The summed E-state index contributed by atoms with van der Waals surface area (Å²) in [6, 6.07) is 0. The molecule has 2 atom stereocenters. The molecule has 76 valence electrons. The molecule has 0 aromatic carbocycles. The molecule has 3 nitrogen and oxygen atoms in total. The molecule has 1 aliphatic rings. The zero-order chi connectivity index (χ0) is 9.68. The van der Waals surface area contributed by atoms with Crippen molar-refractivity contribution in [3.05, 3.63) is 0 Å². The average Bonchev–Trinajstić information content (AvgIpc) is 2.51. The molecule has 2 unspecified atom stereocenters.